The Bertz CT molecular complexity index is 529. The third kappa shape index (κ3) is 2.40. The fourth-order valence-corrected chi connectivity index (χ4v) is 2.63. The molecule has 2 unspecified atom stereocenters. The average molecular weight is 242 g/mol. The van der Waals surface area contributed by atoms with Crippen LogP contribution in [0.25, 0.3) is 10.8 Å². The molecule has 0 aromatic heterocycles. The van der Waals surface area contributed by atoms with Crippen molar-refractivity contribution in [1.29, 1.82) is 0 Å². The van der Waals surface area contributed by atoms with Crippen LogP contribution in [-0.2, 0) is 4.74 Å². The summed E-state index contributed by atoms with van der Waals surface area (Å²) >= 11 is 0. The summed E-state index contributed by atoms with van der Waals surface area (Å²) in [5.74, 6) is 0. The molecular weight excluding hydrogens is 224 g/mol. The SMILES string of the molecule is OC(CC1CCCO1)c1ccc2ccccc2c1. The van der Waals surface area contributed by atoms with Crippen molar-refractivity contribution in [1.82, 2.24) is 0 Å². The summed E-state index contributed by atoms with van der Waals surface area (Å²) in [4.78, 5) is 0. The van der Waals surface area contributed by atoms with Crippen LogP contribution in [0.5, 0.6) is 0 Å². The van der Waals surface area contributed by atoms with Crippen molar-refractivity contribution in [3.05, 3.63) is 48.0 Å². The third-order valence-electron chi connectivity index (χ3n) is 3.67. The molecule has 1 N–H and O–H groups in total. The highest BCUT2D eigenvalue weighted by molar-refractivity contribution is 5.83. The lowest BCUT2D eigenvalue weighted by atomic mass is 9.99. The molecule has 1 heterocycles. The van der Waals surface area contributed by atoms with E-state index < -0.39 is 6.10 Å². The third-order valence-corrected chi connectivity index (χ3v) is 3.67. The number of aliphatic hydroxyl groups excluding tert-OH is 1. The largest absolute Gasteiger partial charge is 0.388 e. The van der Waals surface area contributed by atoms with E-state index in [9.17, 15) is 5.11 Å². The van der Waals surface area contributed by atoms with Crippen LogP contribution in [0.2, 0.25) is 0 Å². The van der Waals surface area contributed by atoms with Gasteiger partial charge in [-0.15, -0.1) is 0 Å². The number of aliphatic hydroxyl groups is 1. The molecule has 2 aromatic carbocycles. The molecule has 2 aromatic rings. The Kier molecular flexibility index (Phi) is 3.31. The summed E-state index contributed by atoms with van der Waals surface area (Å²) in [6.07, 6.45) is 2.71. The van der Waals surface area contributed by atoms with E-state index in [0.717, 1.165) is 25.0 Å². The van der Waals surface area contributed by atoms with E-state index in [1.165, 1.54) is 10.8 Å². The van der Waals surface area contributed by atoms with Crippen LogP contribution in [0.1, 0.15) is 30.9 Å². The maximum Gasteiger partial charge on any atom is 0.0815 e. The topological polar surface area (TPSA) is 29.5 Å². The summed E-state index contributed by atoms with van der Waals surface area (Å²) in [7, 11) is 0. The molecule has 0 amide bonds. The summed E-state index contributed by atoms with van der Waals surface area (Å²) in [5, 5.41) is 12.7. The van der Waals surface area contributed by atoms with E-state index in [2.05, 4.69) is 24.3 Å². The van der Waals surface area contributed by atoms with Crippen LogP contribution >= 0.6 is 0 Å². The van der Waals surface area contributed by atoms with Gasteiger partial charge in [0.25, 0.3) is 0 Å². The molecule has 2 atom stereocenters. The molecule has 18 heavy (non-hydrogen) atoms. The summed E-state index contributed by atoms with van der Waals surface area (Å²) < 4.78 is 5.57. The lowest BCUT2D eigenvalue weighted by Gasteiger charge is -2.16. The molecule has 2 heteroatoms. The highest BCUT2D eigenvalue weighted by Gasteiger charge is 2.20. The Balaban J connectivity index is 1.80. The van der Waals surface area contributed by atoms with Gasteiger partial charge in [0.15, 0.2) is 0 Å². The molecule has 3 rings (SSSR count). The maximum atomic E-state index is 10.3. The second-order valence-corrected chi connectivity index (χ2v) is 4.99. The molecule has 0 bridgehead atoms. The monoisotopic (exact) mass is 242 g/mol. The number of ether oxygens (including phenoxy) is 1. The van der Waals surface area contributed by atoms with Crippen LogP contribution in [-0.4, -0.2) is 17.8 Å². The number of hydrogen-bond acceptors (Lipinski definition) is 2. The normalized spacial score (nSPS) is 21.3. The Morgan fingerprint density at radius 3 is 2.78 bits per heavy atom. The fourth-order valence-electron chi connectivity index (χ4n) is 2.63. The first-order chi connectivity index (χ1) is 8.83. The van der Waals surface area contributed by atoms with E-state index in [-0.39, 0.29) is 6.10 Å². The molecular formula is C16H18O2. The predicted molar refractivity (Wildman–Crippen MR) is 72.5 cm³/mol. The van der Waals surface area contributed by atoms with Crippen molar-refractivity contribution >= 4 is 10.8 Å². The van der Waals surface area contributed by atoms with Crippen molar-refractivity contribution < 1.29 is 9.84 Å². The van der Waals surface area contributed by atoms with Crippen LogP contribution in [0.3, 0.4) is 0 Å². The van der Waals surface area contributed by atoms with Crippen molar-refractivity contribution in [3.8, 4) is 0 Å². The predicted octanol–water partition coefficient (Wildman–Crippen LogP) is 3.44. The van der Waals surface area contributed by atoms with E-state index in [1.54, 1.807) is 0 Å². The molecule has 94 valence electrons. The summed E-state index contributed by atoms with van der Waals surface area (Å²) in [6.45, 7) is 0.842. The molecule has 1 aliphatic rings. The Hall–Kier alpha value is -1.38. The number of rotatable bonds is 3. The van der Waals surface area contributed by atoms with E-state index in [1.807, 2.05) is 18.2 Å². The van der Waals surface area contributed by atoms with Crippen molar-refractivity contribution in [3.63, 3.8) is 0 Å². The van der Waals surface area contributed by atoms with Gasteiger partial charge in [-0.2, -0.15) is 0 Å². The zero-order valence-electron chi connectivity index (χ0n) is 10.4. The Morgan fingerprint density at radius 1 is 1.17 bits per heavy atom. The Morgan fingerprint density at radius 2 is 2.00 bits per heavy atom. The van der Waals surface area contributed by atoms with E-state index in [4.69, 9.17) is 4.74 Å². The van der Waals surface area contributed by atoms with Gasteiger partial charge < -0.3 is 9.84 Å². The number of hydrogen-bond donors (Lipinski definition) is 1. The minimum Gasteiger partial charge on any atom is -0.388 e. The van der Waals surface area contributed by atoms with Gasteiger partial charge in [0.2, 0.25) is 0 Å². The highest BCUT2D eigenvalue weighted by atomic mass is 16.5. The van der Waals surface area contributed by atoms with Crippen molar-refractivity contribution in [2.45, 2.75) is 31.5 Å². The quantitative estimate of drug-likeness (QED) is 0.893. The van der Waals surface area contributed by atoms with Crippen LogP contribution in [0, 0.1) is 0 Å². The average Bonchev–Trinajstić information content (AvgIpc) is 2.91. The second kappa shape index (κ2) is 5.09. The minimum atomic E-state index is -0.419. The molecule has 0 radical (unpaired) electrons. The van der Waals surface area contributed by atoms with Gasteiger partial charge in [-0.1, -0.05) is 36.4 Å². The molecule has 0 saturated carbocycles. The molecule has 0 aliphatic carbocycles. The first-order valence-corrected chi connectivity index (χ1v) is 6.61. The van der Waals surface area contributed by atoms with Gasteiger partial charge in [0.1, 0.15) is 0 Å². The van der Waals surface area contributed by atoms with Crippen molar-refractivity contribution in [2.24, 2.45) is 0 Å². The minimum absolute atomic E-state index is 0.228. The van der Waals surface area contributed by atoms with Gasteiger partial charge in [0.05, 0.1) is 12.2 Å². The highest BCUT2D eigenvalue weighted by Crippen LogP contribution is 2.27. The fraction of sp³-hybridized carbons (Fsp3) is 0.375. The van der Waals surface area contributed by atoms with Crippen LogP contribution in [0.15, 0.2) is 42.5 Å². The first kappa shape index (κ1) is 11.7. The smallest absolute Gasteiger partial charge is 0.0815 e. The van der Waals surface area contributed by atoms with Gasteiger partial charge in [-0.25, -0.2) is 0 Å². The molecule has 1 saturated heterocycles. The molecule has 0 spiro atoms. The van der Waals surface area contributed by atoms with Crippen LogP contribution in [0.4, 0.5) is 0 Å². The summed E-state index contributed by atoms with van der Waals surface area (Å²) in [6, 6.07) is 14.4. The van der Waals surface area contributed by atoms with Crippen LogP contribution < -0.4 is 0 Å². The van der Waals surface area contributed by atoms with Crippen molar-refractivity contribution in [2.75, 3.05) is 6.61 Å². The van der Waals surface area contributed by atoms with Gasteiger partial charge in [0, 0.05) is 13.0 Å². The van der Waals surface area contributed by atoms with Gasteiger partial charge >= 0.3 is 0 Å². The molecule has 2 nitrogen and oxygen atoms in total. The second-order valence-electron chi connectivity index (χ2n) is 4.99. The maximum absolute atomic E-state index is 10.3. The van der Waals surface area contributed by atoms with E-state index >= 15 is 0 Å². The standard InChI is InChI=1S/C16H18O2/c17-16(11-15-6-3-9-18-15)14-8-7-12-4-1-2-5-13(12)10-14/h1-2,4-5,7-8,10,15-17H,3,6,9,11H2. The molecule has 1 fully saturated rings. The first-order valence-electron chi connectivity index (χ1n) is 6.61. The van der Waals surface area contributed by atoms with Gasteiger partial charge in [-0.05, 0) is 35.2 Å². The number of benzene rings is 2. The van der Waals surface area contributed by atoms with E-state index in [0.29, 0.717) is 6.42 Å². The Labute approximate surface area is 107 Å². The zero-order valence-corrected chi connectivity index (χ0v) is 10.4. The lowest BCUT2D eigenvalue weighted by Crippen LogP contribution is -2.11. The lowest BCUT2D eigenvalue weighted by molar-refractivity contribution is 0.0535. The molecule has 1 aliphatic heterocycles. The summed E-state index contributed by atoms with van der Waals surface area (Å²) in [5.41, 5.74) is 0.990. The number of fused-ring (bicyclic) bond motifs is 1. The zero-order chi connectivity index (χ0) is 12.4. The van der Waals surface area contributed by atoms with Gasteiger partial charge in [-0.3, -0.25) is 0 Å².